The summed E-state index contributed by atoms with van der Waals surface area (Å²) in [5.41, 5.74) is 4.67. The second-order valence-corrected chi connectivity index (χ2v) is 6.79. The maximum atomic E-state index is 12.4. The zero-order valence-electron chi connectivity index (χ0n) is 15.0. The van der Waals surface area contributed by atoms with E-state index in [9.17, 15) is 4.79 Å². The van der Waals surface area contributed by atoms with Gasteiger partial charge in [-0.05, 0) is 25.1 Å². The summed E-state index contributed by atoms with van der Waals surface area (Å²) in [6.45, 7) is 1.85. The highest BCUT2D eigenvalue weighted by Crippen LogP contribution is 2.23. The van der Waals surface area contributed by atoms with Gasteiger partial charge in [-0.15, -0.1) is 10.2 Å². The zero-order chi connectivity index (χ0) is 19.3. The summed E-state index contributed by atoms with van der Waals surface area (Å²) in [6.07, 6.45) is 0. The van der Waals surface area contributed by atoms with Crippen LogP contribution in [0.25, 0.3) is 11.3 Å². The van der Waals surface area contributed by atoms with E-state index in [0.29, 0.717) is 22.3 Å². The van der Waals surface area contributed by atoms with E-state index in [-0.39, 0.29) is 5.91 Å². The Labute approximate surface area is 165 Å². The number of nitrogens with one attached hydrogen (secondary N) is 2. The second kappa shape index (κ2) is 7.93. The molecule has 0 spiro atoms. The van der Waals surface area contributed by atoms with Crippen LogP contribution in [0.4, 0.5) is 16.6 Å². The maximum Gasteiger partial charge on any atom is 0.257 e. The topological polar surface area (TPSA) is 92.7 Å². The van der Waals surface area contributed by atoms with Crippen LogP contribution >= 0.6 is 11.3 Å². The average Bonchev–Trinajstić information content (AvgIpc) is 3.21. The van der Waals surface area contributed by atoms with Crippen LogP contribution in [0, 0.1) is 6.92 Å². The molecule has 28 heavy (non-hydrogen) atoms. The van der Waals surface area contributed by atoms with Crippen molar-refractivity contribution in [1.29, 1.82) is 0 Å². The number of aromatic nitrogens is 4. The van der Waals surface area contributed by atoms with Gasteiger partial charge in [0.15, 0.2) is 0 Å². The van der Waals surface area contributed by atoms with E-state index in [0.717, 1.165) is 16.9 Å². The maximum absolute atomic E-state index is 12.4. The Kier molecular flexibility index (Phi) is 5.03. The fraction of sp³-hybridized carbons (Fsp3) is 0.0500. The van der Waals surface area contributed by atoms with Crippen LogP contribution in [0.2, 0.25) is 0 Å². The Bertz CT molecular complexity index is 1100. The molecule has 0 aliphatic carbocycles. The number of nitrogens with zero attached hydrogens (tertiary/aromatic N) is 4. The van der Waals surface area contributed by atoms with Gasteiger partial charge in [0.25, 0.3) is 5.91 Å². The van der Waals surface area contributed by atoms with Crippen molar-refractivity contribution in [2.24, 2.45) is 0 Å². The fourth-order valence-electron chi connectivity index (χ4n) is 2.67. The Morgan fingerprint density at radius 2 is 1.86 bits per heavy atom. The molecule has 7 nitrogen and oxygen atoms in total. The number of hydrogen-bond donors (Lipinski definition) is 2. The Morgan fingerprint density at radius 1 is 1.00 bits per heavy atom. The number of hydrogen-bond acceptors (Lipinski definition) is 7. The number of carbonyl (C=O) groups is 1. The number of carbonyl (C=O) groups excluding carboxylic acids is 1. The molecule has 0 aliphatic rings. The summed E-state index contributed by atoms with van der Waals surface area (Å²) in [5, 5.41) is 14.0. The largest absolute Gasteiger partial charge is 0.340 e. The van der Waals surface area contributed by atoms with Crippen LogP contribution in [-0.2, 0) is 0 Å². The quantitative estimate of drug-likeness (QED) is 0.529. The summed E-state index contributed by atoms with van der Waals surface area (Å²) in [7, 11) is 0. The van der Waals surface area contributed by atoms with Crippen LogP contribution in [0.1, 0.15) is 16.2 Å². The third kappa shape index (κ3) is 4.18. The first-order valence-electron chi connectivity index (χ1n) is 8.53. The molecule has 4 rings (SSSR count). The van der Waals surface area contributed by atoms with Crippen molar-refractivity contribution in [2.45, 2.75) is 6.92 Å². The van der Waals surface area contributed by atoms with E-state index in [1.165, 1.54) is 11.3 Å². The minimum atomic E-state index is -0.246. The molecule has 4 aromatic rings. The predicted octanol–water partition coefficient (Wildman–Crippen LogP) is 4.30. The van der Waals surface area contributed by atoms with E-state index in [1.807, 2.05) is 55.5 Å². The van der Waals surface area contributed by atoms with Gasteiger partial charge < -0.3 is 5.32 Å². The highest BCUT2D eigenvalue weighted by Gasteiger charge is 2.10. The number of aryl methyl sites for hydroxylation is 1. The van der Waals surface area contributed by atoms with Crippen molar-refractivity contribution in [1.82, 2.24) is 20.2 Å². The van der Waals surface area contributed by atoms with Crippen LogP contribution in [0.5, 0.6) is 0 Å². The molecule has 0 saturated carbocycles. The molecule has 0 aliphatic heterocycles. The third-order valence-electron chi connectivity index (χ3n) is 3.89. The van der Waals surface area contributed by atoms with Gasteiger partial charge in [-0.25, -0.2) is 9.97 Å². The molecule has 2 aromatic carbocycles. The molecule has 0 unspecified atom stereocenters. The average molecular weight is 388 g/mol. The fourth-order valence-corrected chi connectivity index (χ4v) is 3.11. The number of benzene rings is 2. The molecule has 138 valence electrons. The molecule has 2 heterocycles. The van der Waals surface area contributed by atoms with Gasteiger partial charge in [0.1, 0.15) is 17.2 Å². The molecule has 2 aromatic heterocycles. The lowest BCUT2D eigenvalue weighted by molar-refractivity contribution is 0.102. The van der Waals surface area contributed by atoms with Crippen LogP contribution < -0.4 is 10.6 Å². The molecule has 0 radical (unpaired) electrons. The van der Waals surface area contributed by atoms with E-state index < -0.39 is 0 Å². The first-order valence-corrected chi connectivity index (χ1v) is 9.41. The third-order valence-corrected chi connectivity index (χ3v) is 4.49. The summed E-state index contributed by atoms with van der Waals surface area (Å²) in [5.74, 6) is 1.08. The van der Waals surface area contributed by atoms with Gasteiger partial charge in [-0.3, -0.25) is 10.1 Å². The van der Waals surface area contributed by atoms with Crippen molar-refractivity contribution in [3.05, 3.63) is 77.6 Å². The minimum absolute atomic E-state index is 0.246. The molecular weight excluding hydrogens is 372 g/mol. The van der Waals surface area contributed by atoms with Gasteiger partial charge in [-0.1, -0.05) is 47.7 Å². The molecule has 0 fully saturated rings. The van der Waals surface area contributed by atoms with Crippen molar-refractivity contribution in [3.8, 4) is 11.3 Å². The lowest BCUT2D eigenvalue weighted by Gasteiger charge is -2.10. The van der Waals surface area contributed by atoms with Crippen molar-refractivity contribution < 1.29 is 4.79 Å². The summed E-state index contributed by atoms with van der Waals surface area (Å²) in [6, 6.07) is 19.0. The summed E-state index contributed by atoms with van der Waals surface area (Å²) >= 11 is 1.27. The SMILES string of the molecule is Cc1nc(Nc2cccc(C(=O)Nc3nncs3)c2)cc(-c2ccccc2)n1. The van der Waals surface area contributed by atoms with Crippen LogP contribution in [-0.4, -0.2) is 26.1 Å². The van der Waals surface area contributed by atoms with Crippen molar-refractivity contribution >= 4 is 33.9 Å². The second-order valence-electron chi connectivity index (χ2n) is 5.96. The summed E-state index contributed by atoms with van der Waals surface area (Å²) in [4.78, 5) is 21.3. The van der Waals surface area contributed by atoms with E-state index in [2.05, 4.69) is 30.8 Å². The van der Waals surface area contributed by atoms with Gasteiger partial charge in [0.2, 0.25) is 5.13 Å². The normalized spacial score (nSPS) is 10.5. The minimum Gasteiger partial charge on any atom is -0.340 e. The first kappa shape index (κ1) is 17.7. The highest BCUT2D eigenvalue weighted by molar-refractivity contribution is 7.13. The predicted molar refractivity (Wildman–Crippen MR) is 110 cm³/mol. The van der Waals surface area contributed by atoms with Gasteiger partial charge in [0, 0.05) is 22.9 Å². The highest BCUT2D eigenvalue weighted by atomic mass is 32.1. The molecule has 0 bridgehead atoms. The zero-order valence-corrected chi connectivity index (χ0v) is 15.8. The molecule has 0 saturated heterocycles. The van der Waals surface area contributed by atoms with Gasteiger partial charge >= 0.3 is 0 Å². The van der Waals surface area contributed by atoms with Crippen LogP contribution in [0.3, 0.4) is 0 Å². The van der Waals surface area contributed by atoms with Gasteiger partial charge in [-0.2, -0.15) is 0 Å². The van der Waals surface area contributed by atoms with Crippen molar-refractivity contribution in [3.63, 3.8) is 0 Å². The van der Waals surface area contributed by atoms with E-state index in [1.54, 1.807) is 17.6 Å². The molecule has 1 amide bonds. The van der Waals surface area contributed by atoms with Crippen LogP contribution in [0.15, 0.2) is 66.2 Å². The van der Waals surface area contributed by atoms with E-state index >= 15 is 0 Å². The number of rotatable bonds is 5. The Hall–Kier alpha value is -3.65. The lowest BCUT2D eigenvalue weighted by Crippen LogP contribution is -2.12. The molecule has 2 N–H and O–H groups in total. The van der Waals surface area contributed by atoms with E-state index in [4.69, 9.17) is 0 Å². The number of anilines is 3. The Morgan fingerprint density at radius 3 is 2.64 bits per heavy atom. The standard InChI is InChI=1S/C20H16N6OS/c1-13-22-17(14-6-3-2-4-7-14)11-18(23-13)24-16-9-5-8-15(10-16)19(27)25-20-26-21-12-28-20/h2-12H,1H3,(H,22,23,24)(H,25,26,27). The molecule has 8 heteroatoms. The summed E-state index contributed by atoms with van der Waals surface area (Å²) < 4.78 is 0. The molecular formula is C20H16N6OS. The van der Waals surface area contributed by atoms with Gasteiger partial charge in [0.05, 0.1) is 5.69 Å². The molecule has 0 atom stereocenters. The van der Waals surface area contributed by atoms with Crippen molar-refractivity contribution in [2.75, 3.05) is 10.6 Å². The first-order chi connectivity index (χ1) is 13.7. The number of amides is 1. The monoisotopic (exact) mass is 388 g/mol. The lowest BCUT2D eigenvalue weighted by atomic mass is 10.1. The Balaban J connectivity index is 1.56. The smallest absolute Gasteiger partial charge is 0.257 e.